The van der Waals surface area contributed by atoms with E-state index < -0.39 is 0 Å². The zero-order chi connectivity index (χ0) is 12.0. The summed E-state index contributed by atoms with van der Waals surface area (Å²) in [4.78, 5) is 10.2. The second-order valence-corrected chi connectivity index (χ2v) is 6.13. The minimum absolute atomic E-state index is 0.782. The largest absolute Gasteiger partial charge is 0.399 e. The fourth-order valence-corrected chi connectivity index (χ4v) is 3.83. The summed E-state index contributed by atoms with van der Waals surface area (Å²) in [5, 5.41) is 2.12. The maximum atomic E-state index is 5.77. The number of aromatic nitrogens is 2. The van der Waals surface area contributed by atoms with Gasteiger partial charge in [0.25, 0.3) is 0 Å². The number of anilines is 1. The molecule has 0 bridgehead atoms. The molecule has 0 atom stereocenters. The molecule has 0 spiro atoms. The number of hydrogen-bond acceptors (Lipinski definition) is 5. The highest BCUT2D eigenvalue weighted by Crippen LogP contribution is 2.36. The minimum Gasteiger partial charge on any atom is -0.399 e. The Hall–Kier alpha value is -1.46. The number of fused-ring (bicyclic) bond motifs is 1. The summed E-state index contributed by atoms with van der Waals surface area (Å²) in [5.41, 5.74) is 8.62. The van der Waals surface area contributed by atoms with E-state index in [2.05, 4.69) is 9.97 Å². The first-order valence-corrected chi connectivity index (χ1v) is 6.87. The highest BCUT2D eigenvalue weighted by atomic mass is 32.1. The minimum atomic E-state index is 0.782. The first-order chi connectivity index (χ1) is 8.13. The first-order valence-electron chi connectivity index (χ1n) is 5.24. The van der Waals surface area contributed by atoms with Crippen molar-refractivity contribution in [3.63, 3.8) is 0 Å². The molecule has 86 valence electrons. The topological polar surface area (TPSA) is 51.8 Å². The van der Waals surface area contributed by atoms with E-state index in [0.29, 0.717) is 0 Å². The normalized spacial score (nSPS) is 11.2. The quantitative estimate of drug-likeness (QED) is 0.681. The van der Waals surface area contributed by atoms with Crippen molar-refractivity contribution in [1.29, 1.82) is 0 Å². The van der Waals surface area contributed by atoms with Gasteiger partial charge in [-0.25, -0.2) is 9.97 Å². The first kappa shape index (κ1) is 10.7. The second kappa shape index (κ2) is 3.78. The van der Waals surface area contributed by atoms with E-state index in [1.807, 2.05) is 32.0 Å². The molecule has 0 aliphatic carbocycles. The van der Waals surface area contributed by atoms with Crippen molar-refractivity contribution >= 4 is 38.6 Å². The van der Waals surface area contributed by atoms with Gasteiger partial charge in [-0.05, 0) is 32.0 Å². The number of benzene rings is 1. The van der Waals surface area contributed by atoms with Gasteiger partial charge in [-0.3, -0.25) is 0 Å². The van der Waals surface area contributed by atoms with Crippen LogP contribution in [0.3, 0.4) is 0 Å². The number of nitrogens with zero attached hydrogens (tertiary/aromatic N) is 2. The lowest BCUT2D eigenvalue weighted by atomic mass is 10.3. The van der Waals surface area contributed by atoms with Crippen LogP contribution in [0.1, 0.15) is 10.7 Å². The van der Waals surface area contributed by atoms with Crippen molar-refractivity contribution in [2.75, 3.05) is 5.73 Å². The molecule has 17 heavy (non-hydrogen) atoms. The van der Waals surface area contributed by atoms with Crippen LogP contribution in [0.25, 0.3) is 20.1 Å². The van der Waals surface area contributed by atoms with Crippen LogP contribution in [0.5, 0.6) is 0 Å². The molecule has 0 aliphatic rings. The van der Waals surface area contributed by atoms with Crippen LogP contribution in [-0.2, 0) is 0 Å². The van der Waals surface area contributed by atoms with Crippen molar-refractivity contribution in [2.45, 2.75) is 13.8 Å². The van der Waals surface area contributed by atoms with Gasteiger partial charge >= 0.3 is 0 Å². The molecule has 0 amide bonds. The highest BCUT2D eigenvalue weighted by molar-refractivity contribution is 7.25. The molecule has 2 aromatic heterocycles. The van der Waals surface area contributed by atoms with Crippen LogP contribution in [0.4, 0.5) is 5.69 Å². The summed E-state index contributed by atoms with van der Waals surface area (Å²) < 4.78 is 1.13. The van der Waals surface area contributed by atoms with Gasteiger partial charge in [-0.2, -0.15) is 0 Å². The van der Waals surface area contributed by atoms with Crippen LogP contribution >= 0.6 is 22.7 Å². The van der Waals surface area contributed by atoms with Gasteiger partial charge in [0.1, 0.15) is 5.01 Å². The van der Waals surface area contributed by atoms with Gasteiger partial charge < -0.3 is 5.73 Å². The summed E-state index contributed by atoms with van der Waals surface area (Å²) in [6, 6.07) is 5.82. The number of rotatable bonds is 1. The predicted molar refractivity (Wildman–Crippen MR) is 74.6 cm³/mol. The lowest BCUT2D eigenvalue weighted by molar-refractivity contribution is 1.20. The summed E-state index contributed by atoms with van der Waals surface area (Å²) >= 11 is 3.36. The number of nitrogen functional groups attached to an aromatic ring is 1. The van der Waals surface area contributed by atoms with Gasteiger partial charge in [0, 0.05) is 5.69 Å². The van der Waals surface area contributed by atoms with Gasteiger partial charge in [-0.15, -0.1) is 22.7 Å². The van der Waals surface area contributed by atoms with Crippen LogP contribution in [0.15, 0.2) is 18.2 Å². The standard InChI is InChI=1S/C12H11N3S2/c1-6-11(16-7(2)14-6)12-15-9-4-3-8(13)5-10(9)17-12/h3-5H,13H2,1-2H3. The van der Waals surface area contributed by atoms with E-state index in [-0.39, 0.29) is 0 Å². The number of hydrogen-bond donors (Lipinski definition) is 1. The van der Waals surface area contributed by atoms with Gasteiger partial charge in [0.2, 0.25) is 0 Å². The molecule has 1 aromatic carbocycles. The van der Waals surface area contributed by atoms with E-state index in [0.717, 1.165) is 31.6 Å². The molecule has 3 nitrogen and oxygen atoms in total. The van der Waals surface area contributed by atoms with E-state index in [1.54, 1.807) is 22.7 Å². The molecule has 2 heterocycles. The second-order valence-electron chi connectivity index (χ2n) is 3.89. The van der Waals surface area contributed by atoms with Gasteiger partial charge in [0.05, 0.1) is 25.8 Å². The molecule has 0 aliphatic heterocycles. The maximum Gasteiger partial charge on any atom is 0.136 e. The van der Waals surface area contributed by atoms with Crippen molar-refractivity contribution < 1.29 is 0 Å². The van der Waals surface area contributed by atoms with Crippen LogP contribution in [0, 0.1) is 13.8 Å². The van der Waals surface area contributed by atoms with Crippen molar-refractivity contribution in [3.05, 3.63) is 28.9 Å². The van der Waals surface area contributed by atoms with Crippen molar-refractivity contribution in [2.24, 2.45) is 0 Å². The summed E-state index contributed by atoms with van der Waals surface area (Å²) in [7, 11) is 0. The van der Waals surface area contributed by atoms with Crippen LogP contribution < -0.4 is 5.73 Å². The van der Waals surface area contributed by atoms with E-state index in [4.69, 9.17) is 5.73 Å². The van der Waals surface area contributed by atoms with Gasteiger partial charge in [0.15, 0.2) is 0 Å². The maximum absolute atomic E-state index is 5.77. The smallest absolute Gasteiger partial charge is 0.136 e. The van der Waals surface area contributed by atoms with Crippen LogP contribution in [0.2, 0.25) is 0 Å². The summed E-state index contributed by atoms with van der Waals surface area (Å²) in [6.45, 7) is 4.05. The Balaban J connectivity index is 2.21. The Morgan fingerprint density at radius 1 is 1.12 bits per heavy atom. The fourth-order valence-electron chi connectivity index (χ4n) is 1.77. The molecule has 0 fully saturated rings. The average molecular weight is 261 g/mol. The van der Waals surface area contributed by atoms with Crippen LogP contribution in [-0.4, -0.2) is 9.97 Å². The molecule has 5 heteroatoms. The molecule has 0 saturated carbocycles. The van der Waals surface area contributed by atoms with Crippen molar-refractivity contribution in [1.82, 2.24) is 9.97 Å². The Morgan fingerprint density at radius 3 is 2.65 bits per heavy atom. The molecular formula is C12H11N3S2. The molecule has 3 rings (SSSR count). The van der Waals surface area contributed by atoms with Gasteiger partial charge in [-0.1, -0.05) is 0 Å². The number of thiazole rings is 2. The Bertz CT molecular complexity index is 697. The fraction of sp³-hybridized carbons (Fsp3) is 0.167. The average Bonchev–Trinajstić information content (AvgIpc) is 2.80. The van der Waals surface area contributed by atoms with E-state index >= 15 is 0 Å². The number of aryl methyl sites for hydroxylation is 2. The third kappa shape index (κ3) is 1.81. The SMILES string of the molecule is Cc1nc(C)c(-c2nc3ccc(N)cc3s2)s1. The summed E-state index contributed by atoms with van der Waals surface area (Å²) in [5.74, 6) is 0. The molecule has 2 N–H and O–H groups in total. The molecule has 0 unspecified atom stereocenters. The number of nitrogens with two attached hydrogens (primary N) is 1. The van der Waals surface area contributed by atoms with Crippen molar-refractivity contribution in [3.8, 4) is 9.88 Å². The predicted octanol–water partition coefficient (Wildman–Crippen LogP) is 3.62. The van der Waals surface area contributed by atoms with E-state index in [1.165, 1.54) is 4.88 Å². The Kier molecular flexibility index (Phi) is 2.38. The molecular weight excluding hydrogens is 250 g/mol. The molecule has 3 aromatic rings. The third-order valence-electron chi connectivity index (χ3n) is 2.51. The molecule has 0 saturated heterocycles. The zero-order valence-corrected chi connectivity index (χ0v) is 11.2. The van der Waals surface area contributed by atoms with E-state index in [9.17, 15) is 0 Å². The zero-order valence-electron chi connectivity index (χ0n) is 9.52. The molecule has 0 radical (unpaired) electrons. The lowest BCUT2D eigenvalue weighted by Gasteiger charge is -1.89. The highest BCUT2D eigenvalue weighted by Gasteiger charge is 2.12. The third-order valence-corrected chi connectivity index (χ3v) is 4.75. The monoisotopic (exact) mass is 261 g/mol. The Morgan fingerprint density at radius 2 is 1.94 bits per heavy atom. The Labute approximate surface area is 107 Å². The lowest BCUT2D eigenvalue weighted by Crippen LogP contribution is -1.81. The summed E-state index contributed by atoms with van der Waals surface area (Å²) in [6.07, 6.45) is 0.